The van der Waals surface area contributed by atoms with E-state index in [1.165, 1.54) is 10.8 Å². The molecule has 0 radical (unpaired) electrons. The number of nitrogens with zero attached hydrogens (tertiary/aromatic N) is 5. The lowest BCUT2D eigenvalue weighted by Gasteiger charge is -2.12. The third kappa shape index (κ3) is 2.15. The van der Waals surface area contributed by atoms with Gasteiger partial charge in [-0.25, -0.2) is 9.97 Å². The molecule has 0 bridgehead atoms. The van der Waals surface area contributed by atoms with Crippen molar-refractivity contribution in [1.29, 1.82) is 0 Å². The second-order valence-corrected chi connectivity index (χ2v) is 7.58. The maximum absolute atomic E-state index is 4.72. The van der Waals surface area contributed by atoms with Gasteiger partial charge in [0, 0.05) is 51.7 Å². The van der Waals surface area contributed by atoms with Crippen molar-refractivity contribution >= 4 is 54.4 Å². The van der Waals surface area contributed by atoms with Gasteiger partial charge in [0.15, 0.2) is 0 Å². The van der Waals surface area contributed by atoms with Crippen LogP contribution >= 0.6 is 0 Å². The van der Waals surface area contributed by atoms with E-state index in [-0.39, 0.29) is 0 Å². The first-order valence-electron chi connectivity index (χ1n) is 10.2. The first kappa shape index (κ1) is 16.4. The minimum atomic E-state index is 0.657. The zero-order chi connectivity index (χ0) is 20.4. The summed E-state index contributed by atoms with van der Waals surface area (Å²) in [6, 6.07) is 23.0. The fourth-order valence-corrected chi connectivity index (χ4v) is 4.78. The Kier molecular flexibility index (Phi) is 3.21. The highest BCUT2D eigenvalue weighted by Crippen LogP contribution is 2.41. The quantitative estimate of drug-likeness (QED) is 0.327. The van der Waals surface area contributed by atoms with Crippen LogP contribution in [0, 0.1) is 0 Å². The van der Waals surface area contributed by atoms with Crippen LogP contribution in [0.2, 0.25) is 0 Å². The van der Waals surface area contributed by atoms with Crippen LogP contribution in [-0.4, -0.2) is 24.5 Å². The number of hydrogen-bond donors (Lipinski definition) is 0. The number of aromatic nitrogens is 5. The minimum absolute atomic E-state index is 0.657. The number of benzene rings is 4. The molecule has 3 aromatic heterocycles. The molecule has 0 unspecified atom stereocenters. The molecule has 5 nitrogen and oxygen atoms in total. The van der Waals surface area contributed by atoms with Crippen LogP contribution in [0.15, 0.2) is 91.5 Å². The third-order valence-electron chi connectivity index (χ3n) is 5.99. The molecule has 0 aliphatic carbocycles. The average Bonchev–Trinajstić information content (AvgIpc) is 3.19. The van der Waals surface area contributed by atoms with E-state index in [9.17, 15) is 0 Å². The van der Waals surface area contributed by atoms with Gasteiger partial charge >= 0.3 is 0 Å². The molecule has 0 saturated carbocycles. The molecule has 0 saturated heterocycles. The molecular formula is C26H15N5. The van der Waals surface area contributed by atoms with E-state index in [0.717, 1.165) is 43.6 Å². The summed E-state index contributed by atoms with van der Waals surface area (Å²) in [4.78, 5) is 18.6. The van der Waals surface area contributed by atoms with E-state index in [4.69, 9.17) is 4.98 Å². The number of rotatable bonds is 1. The molecular weight excluding hydrogens is 382 g/mol. The van der Waals surface area contributed by atoms with Gasteiger partial charge in [0.25, 0.3) is 0 Å². The standard InChI is InChI=1S/C26H15N5/c1-2-8-18-17(7-1)22-20(24-23(18)27-14-15-28-24)11-10-19-16-6-3-4-9-21(16)31(25(19)22)26-29-12-5-13-30-26/h1-15H. The summed E-state index contributed by atoms with van der Waals surface area (Å²) in [5.74, 6) is 0.657. The van der Waals surface area contributed by atoms with E-state index in [1.807, 2.05) is 6.07 Å². The Hall–Kier alpha value is -4.38. The van der Waals surface area contributed by atoms with Crippen LogP contribution in [0.25, 0.3) is 60.3 Å². The molecule has 0 spiro atoms. The second-order valence-electron chi connectivity index (χ2n) is 7.58. The first-order chi connectivity index (χ1) is 15.4. The molecule has 7 aromatic rings. The summed E-state index contributed by atoms with van der Waals surface area (Å²) < 4.78 is 2.17. The van der Waals surface area contributed by atoms with Crippen LogP contribution in [0.1, 0.15) is 0 Å². The van der Waals surface area contributed by atoms with Crippen molar-refractivity contribution < 1.29 is 0 Å². The molecule has 0 aliphatic heterocycles. The second kappa shape index (κ2) is 6.06. The lowest BCUT2D eigenvalue weighted by molar-refractivity contribution is 0.991. The fraction of sp³-hybridized carbons (Fsp3) is 0. The SMILES string of the molecule is c1cnc(-n2c3ccccc3c3ccc4c5nccnc5c5ccccc5c4c32)nc1. The van der Waals surface area contributed by atoms with Crippen LogP contribution in [-0.2, 0) is 0 Å². The minimum Gasteiger partial charge on any atom is -0.277 e. The molecule has 0 aliphatic rings. The lowest BCUT2D eigenvalue weighted by Crippen LogP contribution is -2.00. The highest BCUT2D eigenvalue weighted by Gasteiger charge is 2.19. The summed E-state index contributed by atoms with van der Waals surface area (Å²) in [6.07, 6.45) is 7.09. The van der Waals surface area contributed by atoms with Gasteiger partial charge in [0.1, 0.15) is 0 Å². The van der Waals surface area contributed by atoms with E-state index in [2.05, 4.69) is 80.2 Å². The normalized spacial score (nSPS) is 11.9. The van der Waals surface area contributed by atoms with Gasteiger partial charge in [-0.2, -0.15) is 0 Å². The Labute approximate surface area is 176 Å². The Morgan fingerprint density at radius 2 is 1.13 bits per heavy atom. The molecule has 0 N–H and O–H groups in total. The van der Waals surface area contributed by atoms with Crippen molar-refractivity contribution in [2.24, 2.45) is 0 Å². The van der Waals surface area contributed by atoms with Crippen molar-refractivity contribution in [3.63, 3.8) is 0 Å². The van der Waals surface area contributed by atoms with Crippen molar-refractivity contribution in [1.82, 2.24) is 24.5 Å². The maximum atomic E-state index is 4.72. The Morgan fingerprint density at radius 1 is 0.484 bits per heavy atom. The zero-order valence-electron chi connectivity index (χ0n) is 16.4. The lowest BCUT2D eigenvalue weighted by atomic mass is 9.97. The molecule has 0 fully saturated rings. The van der Waals surface area contributed by atoms with Gasteiger partial charge < -0.3 is 0 Å². The predicted molar refractivity (Wildman–Crippen MR) is 124 cm³/mol. The van der Waals surface area contributed by atoms with Crippen LogP contribution in [0.4, 0.5) is 0 Å². The van der Waals surface area contributed by atoms with Crippen molar-refractivity contribution in [2.45, 2.75) is 0 Å². The van der Waals surface area contributed by atoms with Gasteiger partial charge in [-0.3, -0.25) is 14.5 Å². The molecule has 31 heavy (non-hydrogen) atoms. The smallest absolute Gasteiger partial charge is 0.234 e. The van der Waals surface area contributed by atoms with Crippen molar-refractivity contribution in [3.8, 4) is 5.95 Å². The molecule has 5 heteroatoms. The Morgan fingerprint density at radius 3 is 1.94 bits per heavy atom. The summed E-state index contributed by atoms with van der Waals surface area (Å²) in [7, 11) is 0. The average molecular weight is 397 g/mol. The van der Waals surface area contributed by atoms with Gasteiger partial charge in [-0.1, -0.05) is 54.6 Å². The molecule has 144 valence electrons. The molecule has 0 amide bonds. The highest BCUT2D eigenvalue weighted by molar-refractivity contribution is 6.32. The third-order valence-corrected chi connectivity index (χ3v) is 5.99. The summed E-state index contributed by atoms with van der Waals surface area (Å²) in [5, 5.41) is 6.81. The van der Waals surface area contributed by atoms with E-state index in [0.29, 0.717) is 5.95 Å². The van der Waals surface area contributed by atoms with Gasteiger partial charge in [0.2, 0.25) is 5.95 Å². The van der Waals surface area contributed by atoms with E-state index in [1.54, 1.807) is 24.8 Å². The van der Waals surface area contributed by atoms with Crippen molar-refractivity contribution in [2.75, 3.05) is 0 Å². The highest BCUT2D eigenvalue weighted by atomic mass is 15.1. The monoisotopic (exact) mass is 397 g/mol. The van der Waals surface area contributed by atoms with Crippen LogP contribution in [0.5, 0.6) is 0 Å². The Bertz CT molecular complexity index is 1750. The predicted octanol–water partition coefficient (Wildman–Crippen LogP) is 5.82. The fourth-order valence-electron chi connectivity index (χ4n) is 4.78. The molecule has 0 atom stereocenters. The van der Waals surface area contributed by atoms with Gasteiger partial charge in [-0.05, 0) is 17.5 Å². The Balaban J connectivity index is 1.86. The van der Waals surface area contributed by atoms with Crippen LogP contribution in [0.3, 0.4) is 0 Å². The summed E-state index contributed by atoms with van der Waals surface area (Å²) in [5.41, 5.74) is 4.00. The van der Waals surface area contributed by atoms with E-state index >= 15 is 0 Å². The van der Waals surface area contributed by atoms with Crippen molar-refractivity contribution in [3.05, 3.63) is 91.5 Å². The van der Waals surface area contributed by atoms with Crippen LogP contribution < -0.4 is 0 Å². The van der Waals surface area contributed by atoms with E-state index < -0.39 is 0 Å². The molecule has 7 rings (SSSR count). The topological polar surface area (TPSA) is 56.5 Å². The number of para-hydroxylation sites is 1. The summed E-state index contributed by atoms with van der Waals surface area (Å²) >= 11 is 0. The van der Waals surface area contributed by atoms with Gasteiger partial charge in [-0.15, -0.1) is 0 Å². The molecule has 4 aromatic carbocycles. The maximum Gasteiger partial charge on any atom is 0.234 e. The molecule has 3 heterocycles. The largest absolute Gasteiger partial charge is 0.277 e. The van der Waals surface area contributed by atoms with Gasteiger partial charge in [0.05, 0.1) is 22.1 Å². The number of hydrogen-bond acceptors (Lipinski definition) is 4. The zero-order valence-corrected chi connectivity index (χ0v) is 16.4. The summed E-state index contributed by atoms with van der Waals surface area (Å²) in [6.45, 7) is 0. The first-order valence-corrected chi connectivity index (χ1v) is 10.2. The number of fused-ring (bicyclic) bond motifs is 10.